The molecule has 10 heteroatoms. The summed E-state index contributed by atoms with van der Waals surface area (Å²) in [6.45, 7) is 9.42. The number of halogens is 2. The van der Waals surface area contributed by atoms with Crippen molar-refractivity contribution in [1.82, 2.24) is 14.9 Å². The van der Waals surface area contributed by atoms with Crippen molar-refractivity contribution in [2.75, 3.05) is 36.4 Å². The Morgan fingerprint density at radius 1 is 1.21 bits per heavy atom. The first-order valence-electron chi connectivity index (χ1n) is 13.5. The van der Waals surface area contributed by atoms with E-state index in [4.69, 9.17) is 28.2 Å². The largest absolute Gasteiger partial charge is 0.481 e. The van der Waals surface area contributed by atoms with Crippen LogP contribution in [0, 0.1) is 24.2 Å². The van der Waals surface area contributed by atoms with Gasteiger partial charge in [0.15, 0.2) is 5.82 Å². The van der Waals surface area contributed by atoms with E-state index in [0.717, 1.165) is 56.6 Å². The summed E-state index contributed by atoms with van der Waals surface area (Å²) in [6, 6.07) is 6.20. The van der Waals surface area contributed by atoms with Crippen molar-refractivity contribution in [2.45, 2.75) is 65.1 Å². The minimum absolute atomic E-state index is 0.137. The quantitative estimate of drug-likeness (QED) is 0.406. The van der Waals surface area contributed by atoms with E-state index in [-0.39, 0.29) is 12.6 Å². The molecule has 1 aliphatic carbocycles. The number of benzene rings is 1. The number of carboxylic acid groups (broad SMARTS) is 1. The van der Waals surface area contributed by atoms with E-state index in [0.29, 0.717) is 45.4 Å². The van der Waals surface area contributed by atoms with Crippen molar-refractivity contribution in [3.05, 3.63) is 45.1 Å². The molecule has 3 N–H and O–H groups in total. The second-order valence-corrected chi connectivity index (χ2v) is 12.5. The molecule has 2 saturated heterocycles. The third-order valence-corrected chi connectivity index (χ3v) is 9.51. The van der Waals surface area contributed by atoms with E-state index in [9.17, 15) is 15.0 Å². The lowest BCUT2D eigenvalue weighted by Crippen LogP contribution is -2.58. The maximum Gasteiger partial charge on any atom is 0.309 e. The fourth-order valence-corrected chi connectivity index (χ4v) is 6.83. The third kappa shape index (κ3) is 5.33. The predicted octanol–water partition coefficient (Wildman–Crippen LogP) is 5.16. The number of hydrogen-bond acceptors (Lipinski definition) is 7. The zero-order chi connectivity index (χ0) is 27.2. The van der Waals surface area contributed by atoms with Crippen LogP contribution in [0.15, 0.2) is 18.2 Å². The summed E-state index contributed by atoms with van der Waals surface area (Å²) >= 11 is 13.0. The molecular weight excluding hydrogens is 525 g/mol. The molecule has 0 amide bonds. The number of aromatic nitrogens is 2. The van der Waals surface area contributed by atoms with Crippen molar-refractivity contribution in [2.24, 2.45) is 17.3 Å². The van der Waals surface area contributed by atoms with E-state index < -0.39 is 11.4 Å². The topological polar surface area (TPSA) is 102 Å². The summed E-state index contributed by atoms with van der Waals surface area (Å²) in [5.41, 5.74) is 1.88. The van der Waals surface area contributed by atoms with E-state index in [2.05, 4.69) is 20.1 Å². The Balaban J connectivity index is 1.23. The molecule has 2 aromatic rings. The summed E-state index contributed by atoms with van der Waals surface area (Å²) in [5, 5.41) is 23.8. The summed E-state index contributed by atoms with van der Waals surface area (Å²) in [7, 11) is 0. The molecule has 2 unspecified atom stereocenters. The van der Waals surface area contributed by atoms with Gasteiger partial charge >= 0.3 is 5.97 Å². The molecule has 1 aromatic heterocycles. The standard InChI is InChI=1S/C28H37Cl2N5O3/c1-16-6-7-21(22(29)9-16)17(2)31-25-24(30)23(15-36)32-27(33-25)35-13-19(14-35)18-5-4-8-34(12-18)20-10-28(3,11-20)26(37)38/h6-7,9,17-20,36H,4-5,8,10-15H2,1-3H3,(H,37,38)(H,31,32,33). The Bertz CT molecular complexity index is 1200. The Morgan fingerprint density at radius 2 is 1.95 bits per heavy atom. The molecule has 3 heterocycles. The van der Waals surface area contributed by atoms with E-state index >= 15 is 0 Å². The lowest BCUT2D eigenvalue weighted by molar-refractivity contribution is -0.158. The van der Waals surface area contributed by atoms with E-state index in [1.165, 1.54) is 6.42 Å². The Hall–Kier alpha value is -2.13. The van der Waals surface area contributed by atoms with Gasteiger partial charge in [-0.25, -0.2) is 4.98 Å². The lowest BCUT2D eigenvalue weighted by atomic mass is 9.65. The minimum atomic E-state index is -0.674. The molecule has 206 valence electrons. The highest BCUT2D eigenvalue weighted by molar-refractivity contribution is 6.33. The minimum Gasteiger partial charge on any atom is -0.481 e. The predicted molar refractivity (Wildman–Crippen MR) is 150 cm³/mol. The van der Waals surface area contributed by atoms with Gasteiger partial charge in [0.05, 0.1) is 23.8 Å². The molecule has 2 atom stereocenters. The monoisotopic (exact) mass is 561 g/mol. The number of aliphatic hydroxyl groups excluding tert-OH is 1. The Morgan fingerprint density at radius 3 is 2.61 bits per heavy atom. The zero-order valence-corrected chi connectivity index (χ0v) is 23.8. The number of anilines is 2. The van der Waals surface area contributed by atoms with Crippen molar-refractivity contribution in [1.29, 1.82) is 0 Å². The van der Waals surface area contributed by atoms with Gasteiger partial charge in [0.2, 0.25) is 5.95 Å². The zero-order valence-electron chi connectivity index (χ0n) is 22.3. The van der Waals surface area contributed by atoms with Crippen LogP contribution in [0.5, 0.6) is 0 Å². The number of hydrogen-bond donors (Lipinski definition) is 3. The first-order chi connectivity index (χ1) is 18.1. The molecule has 2 aliphatic heterocycles. The van der Waals surface area contributed by atoms with Crippen LogP contribution in [0.3, 0.4) is 0 Å². The number of nitrogens with one attached hydrogen (secondary N) is 1. The van der Waals surface area contributed by atoms with E-state index in [1.807, 2.05) is 39.0 Å². The van der Waals surface area contributed by atoms with Crippen molar-refractivity contribution >= 4 is 40.9 Å². The number of likely N-dealkylation sites (tertiary alicyclic amines) is 1. The highest BCUT2D eigenvalue weighted by Crippen LogP contribution is 2.45. The van der Waals surface area contributed by atoms with Crippen molar-refractivity contribution < 1.29 is 15.0 Å². The molecule has 38 heavy (non-hydrogen) atoms. The van der Waals surface area contributed by atoms with Gasteiger partial charge in [-0.1, -0.05) is 35.3 Å². The van der Waals surface area contributed by atoms with Gasteiger partial charge in [0, 0.05) is 30.7 Å². The molecule has 8 nitrogen and oxygen atoms in total. The smallest absolute Gasteiger partial charge is 0.309 e. The number of aliphatic carboxylic acids is 1. The number of aryl methyl sites for hydroxylation is 1. The fraction of sp³-hybridized carbons (Fsp3) is 0.607. The van der Waals surface area contributed by atoms with Gasteiger partial charge < -0.3 is 25.3 Å². The number of carbonyl (C=O) groups is 1. The van der Waals surface area contributed by atoms with Crippen LogP contribution in [0.2, 0.25) is 10.0 Å². The molecule has 1 saturated carbocycles. The van der Waals surface area contributed by atoms with E-state index in [1.54, 1.807) is 0 Å². The summed E-state index contributed by atoms with van der Waals surface area (Å²) in [6.07, 6.45) is 3.84. The molecular formula is C28H37Cl2N5O3. The number of carboxylic acids is 1. The van der Waals surface area contributed by atoms with Crippen LogP contribution < -0.4 is 10.2 Å². The van der Waals surface area contributed by atoms with Crippen LogP contribution in [0.25, 0.3) is 0 Å². The Labute approximate surface area is 234 Å². The molecule has 0 spiro atoms. The number of aliphatic hydroxyl groups is 1. The number of nitrogens with zero attached hydrogens (tertiary/aromatic N) is 4. The van der Waals surface area contributed by atoms with Crippen LogP contribution in [0.1, 0.15) is 62.4 Å². The average molecular weight is 563 g/mol. The maximum absolute atomic E-state index is 11.5. The van der Waals surface area contributed by atoms with Crippen LogP contribution in [-0.4, -0.2) is 63.3 Å². The molecule has 3 aliphatic rings. The average Bonchev–Trinajstić information content (AvgIpc) is 2.82. The van der Waals surface area contributed by atoms with Crippen molar-refractivity contribution in [3.8, 4) is 0 Å². The van der Waals surface area contributed by atoms with Crippen LogP contribution in [0.4, 0.5) is 11.8 Å². The summed E-state index contributed by atoms with van der Waals surface area (Å²) in [5.74, 6) is 1.52. The highest BCUT2D eigenvalue weighted by atomic mass is 35.5. The second-order valence-electron chi connectivity index (χ2n) is 11.7. The summed E-state index contributed by atoms with van der Waals surface area (Å²) in [4.78, 5) is 25.5. The van der Waals surface area contributed by atoms with Gasteiger partial charge in [-0.15, -0.1) is 0 Å². The lowest BCUT2D eigenvalue weighted by Gasteiger charge is -2.52. The van der Waals surface area contributed by atoms with Gasteiger partial charge in [-0.3, -0.25) is 4.79 Å². The van der Waals surface area contributed by atoms with Crippen LogP contribution in [-0.2, 0) is 11.4 Å². The normalized spacial score (nSPS) is 26.9. The molecule has 1 aromatic carbocycles. The molecule has 0 bridgehead atoms. The first kappa shape index (κ1) is 27.4. The van der Waals surface area contributed by atoms with Gasteiger partial charge in [0.1, 0.15) is 5.02 Å². The van der Waals surface area contributed by atoms with Crippen molar-refractivity contribution in [3.63, 3.8) is 0 Å². The van der Waals surface area contributed by atoms with Gasteiger partial charge in [0.25, 0.3) is 0 Å². The van der Waals surface area contributed by atoms with Gasteiger partial charge in [-0.05, 0) is 82.0 Å². The number of rotatable bonds is 8. The summed E-state index contributed by atoms with van der Waals surface area (Å²) < 4.78 is 0. The molecule has 5 rings (SSSR count). The Kier molecular flexibility index (Phi) is 7.80. The third-order valence-electron chi connectivity index (χ3n) is 8.79. The number of piperidine rings is 1. The maximum atomic E-state index is 11.5. The molecule has 0 radical (unpaired) electrons. The van der Waals surface area contributed by atoms with Crippen LogP contribution >= 0.6 is 23.2 Å². The van der Waals surface area contributed by atoms with Gasteiger partial charge in [-0.2, -0.15) is 4.98 Å². The fourth-order valence-electron chi connectivity index (χ4n) is 6.23. The SMILES string of the molecule is Cc1ccc(C(C)Nc2nc(N3CC(C4CCCN(C5CC(C)(C(=O)O)C5)C4)C3)nc(CO)c2Cl)c(Cl)c1. The highest BCUT2D eigenvalue weighted by Gasteiger charge is 2.49. The first-order valence-corrected chi connectivity index (χ1v) is 14.3. The second kappa shape index (κ2) is 10.8. The molecule has 3 fully saturated rings.